The summed E-state index contributed by atoms with van der Waals surface area (Å²) < 4.78 is 0. The number of hydrogen-bond donors (Lipinski definition) is 0. The largest absolute Gasteiger partial charge is 0.294 e. The number of fused-ring (bicyclic) bond motifs is 1. The van der Waals surface area contributed by atoms with Gasteiger partial charge in [0.2, 0.25) is 0 Å². The molecule has 1 aliphatic rings. The second-order valence-corrected chi connectivity index (χ2v) is 5.68. The van der Waals surface area contributed by atoms with Gasteiger partial charge in [0.1, 0.15) is 0 Å². The third kappa shape index (κ3) is 2.54. The molecule has 0 saturated carbocycles. The zero-order chi connectivity index (χ0) is 13.4. The van der Waals surface area contributed by atoms with E-state index in [4.69, 9.17) is 23.2 Å². The van der Waals surface area contributed by atoms with E-state index in [-0.39, 0.29) is 5.78 Å². The number of halogens is 2. The summed E-state index contributed by atoms with van der Waals surface area (Å²) in [7, 11) is 0. The highest BCUT2D eigenvalue weighted by Gasteiger charge is 2.17. The molecule has 2 aromatic carbocycles. The Morgan fingerprint density at radius 1 is 0.842 bits per heavy atom. The van der Waals surface area contributed by atoms with Gasteiger partial charge in [-0.3, -0.25) is 4.79 Å². The van der Waals surface area contributed by atoms with Crippen molar-refractivity contribution >= 4 is 29.0 Å². The van der Waals surface area contributed by atoms with Gasteiger partial charge in [0.15, 0.2) is 5.78 Å². The quantitative estimate of drug-likeness (QED) is 0.707. The molecule has 96 valence electrons. The summed E-state index contributed by atoms with van der Waals surface area (Å²) in [6.07, 6.45) is 2.58. The van der Waals surface area contributed by atoms with Crippen LogP contribution in [0.5, 0.6) is 0 Å². The second kappa shape index (κ2) is 4.99. The van der Waals surface area contributed by atoms with Crippen LogP contribution in [0.15, 0.2) is 36.4 Å². The molecular weight excluding hydrogens is 279 g/mol. The molecule has 0 atom stereocenters. The topological polar surface area (TPSA) is 17.1 Å². The van der Waals surface area contributed by atoms with Crippen molar-refractivity contribution < 1.29 is 4.79 Å². The highest BCUT2D eigenvalue weighted by molar-refractivity contribution is 6.35. The van der Waals surface area contributed by atoms with Gasteiger partial charge < -0.3 is 0 Å². The van der Waals surface area contributed by atoms with Crippen LogP contribution >= 0.6 is 23.2 Å². The fraction of sp³-hybridized carbons (Fsp3) is 0.188. The lowest BCUT2D eigenvalue weighted by Crippen LogP contribution is -2.10. The summed E-state index contributed by atoms with van der Waals surface area (Å²) in [4.78, 5) is 12.0. The first-order valence-corrected chi connectivity index (χ1v) is 7.02. The Kier molecular flexibility index (Phi) is 3.34. The molecule has 0 unspecified atom stereocenters. The number of aryl methyl sites for hydroxylation is 1. The second-order valence-electron chi connectivity index (χ2n) is 4.81. The Balaban J connectivity index is 2.11. The maximum absolute atomic E-state index is 12.0. The monoisotopic (exact) mass is 290 g/mol. The highest BCUT2D eigenvalue weighted by Crippen LogP contribution is 2.30. The zero-order valence-corrected chi connectivity index (χ0v) is 11.8. The smallest absolute Gasteiger partial charge is 0.163 e. The van der Waals surface area contributed by atoms with Crippen LogP contribution in [0.4, 0.5) is 0 Å². The third-order valence-electron chi connectivity index (χ3n) is 3.46. The summed E-state index contributed by atoms with van der Waals surface area (Å²) in [5, 5.41) is 1.21. The van der Waals surface area contributed by atoms with E-state index in [0.29, 0.717) is 16.5 Å². The number of ketones is 1. The Hall–Kier alpha value is -1.31. The molecule has 1 aliphatic carbocycles. The van der Waals surface area contributed by atoms with Crippen molar-refractivity contribution in [2.75, 3.05) is 0 Å². The molecule has 0 fully saturated rings. The van der Waals surface area contributed by atoms with Crippen LogP contribution in [0.1, 0.15) is 28.8 Å². The molecule has 0 radical (unpaired) electrons. The first kappa shape index (κ1) is 12.7. The number of rotatable bonds is 1. The Bertz CT molecular complexity index is 642. The molecule has 0 heterocycles. The fourth-order valence-corrected chi connectivity index (χ4v) is 3.05. The minimum atomic E-state index is 0.233. The molecule has 2 aromatic rings. The van der Waals surface area contributed by atoms with Gasteiger partial charge in [-0.2, -0.15) is 0 Å². The van der Waals surface area contributed by atoms with Crippen molar-refractivity contribution in [2.45, 2.75) is 19.3 Å². The summed E-state index contributed by atoms with van der Waals surface area (Å²) >= 11 is 12.0. The van der Waals surface area contributed by atoms with E-state index < -0.39 is 0 Å². The normalized spacial score (nSPS) is 14.3. The van der Waals surface area contributed by atoms with Gasteiger partial charge in [-0.05, 0) is 53.8 Å². The van der Waals surface area contributed by atoms with Crippen LogP contribution in [-0.2, 0) is 6.42 Å². The Morgan fingerprint density at radius 3 is 2.32 bits per heavy atom. The van der Waals surface area contributed by atoms with Crippen LogP contribution in [0.3, 0.4) is 0 Å². The van der Waals surface area contributed by atoms with Crippen molar-refractivity contribution in [1.29, 1.82) is 0 Å². The van der Waals surface area contributed by atoms with E-state index in [1.54, 1.807) is 6.07 Å². The molecule has 0 aromatic heterocycles. The minimum Gasteiger partial charge on any atom is -0.294 e. The van der Waals surface area contributed by atoms with Gasteiger partial charge in [-0.25, -0.2) is 0 Å². The van der Waals surface area contributed by atoms with E-state index in [2.05, 4.69) is 0 Å². The molecule has 0 N–H and O–H groups in total. The molecule has 1 nitrogen and oxygen atoms in total. The lowest BCUT2D eigenvalue weighted by atomic mass is 9.88. The van der Waals surface area contributed by atoms with Crippen LogP contribution < -0.4 is 0 Å². The fourth-order valence-electron chi connectivity index (χ4n) is 2.53. The maximum Gasteiger partial charge on any atom is 0.163 e. The predicted octanol–water partition coefficient (Wildman–Crippen LogP) is 5.18. The van der Waals surface area contributed by atoms with Crippen molar-refractivity contribution in [3.63, 3.8) is 0 Å². The van der Waals surface area contributed by atoms with E-state index in [1.807, 2.05) is 30.3 Å². The molecule has 0 saturated heterocycles. The van der Waals surface area contributed by atoms with Crippen LogP contribution in [0, 0.1) is 0 Å². The first-order valence-electron chi connectivity index (χ1n) is 6.26. The summed E-state index contributed by atoms with van der Waals surface area (Å²) in [5.41, 5.74) is 3.92. The Labute approximate surface area is 122 Å². The Morgan fingerprint density at radius 2 is 1.58 bits per heavy atom. The van der Waals surface area contributed by atoms with Crippen LogP contribution in [0.25, 0.3) is 11.1 Å². The predicted molar refractivity (Wildman–Crippen MR) is 79.2 cm³/mol. The number of Topliss-reactive ketones (excluding diaryl/α,β-unsaturated/α-hetero) is 1. The number of benzene rings is 2. The van der Waals surface area contributed by atoms with E-state index >= 15 is 0 Å². The van der Waals surface area contributed by atoms with Gasteiger partial charge in [0.25, 0.3) is 0 Å². The van der Waals surface area contributed by atoms with Gasteiger partial charge in [-0.15, -0.1) is 0 Å². The number of carbonyl (C=O) groups excluding carboxylic acids is 1. The van der Waals surface area contributed by atoms with Crippen molar-refractivity contribution in [3.8, 4) is 11.1 Å². The average molecular weight is 291 g/mol. The minimum absolute atomic E-state index is 0.233. The average Bonchev–Trinajstić information content (AvgIpc) is 2.38. The first-order chi connectivity index (χ1) is 9.13. The lowest BCUT2D eigenvalue weighted by molar-refractivity contribution is 0.0972. The van der Waals surface area contributed by atoms with Crippen LogP contribution in [0.2, 0.25) is 10.0 Å². The summed E-state index contributed by atoms with van der Waals surface area (Å²) in [6, 6.07) is 11.5. The number of hydrogen-bond acceptors (Lipinski definition) is 1. The summed E-state index contributed by atoms with van der Waals surface area (Å²) in [5.74, 6) is 0.233. The van der Waals surface area contributed by atoms with Crippen molar-refractivity contribution in [3.05, 3.63) is 57.6 Å². The molecule has 19 heavy (non-hydrogen) atoms. The highest BCUT2D eigenvalue weighted by atomic mass is 35.5. The SMILES string of the molecule is O=C1CCCc2ccc(-c3cc(Cl)cc(Cl)c3)cc21. The molecule has 3 heteroatoms. The van der Waals surface area contributed by atoms with Gasteiger partial charge in [0, 0.05) is 22.0 Å². The van der Waals surface area contributed by atoms with Gasteiger partial charge in [-0.1, -0.05) is 35.3 Å². The summed E-state index contributed by atoms with van der Waals surface area (Å²) in [6.45, 7) is 0. The van der Waals surface area contributed by atoms with E-state index in [0.717, 1.165) is 35.1 Å². The molecule has 3 rings (SSSR count). The van der Waals surface area contributed by atoms with Gasteiger partial charge in [0.05, 0.1) is 0 Å². The molecule has 0 spiro atoms. The van der Waals surface area contributed by atoms with Crippen molar-refractivity contribution in [1.82, 2.24) is 0 Å². The lowest BCUT2D eigenvalue weighted by Gasteiger charge is -2.15. The van der Waals surface area contributed by atoms with Crippen LogP contribution in [-0.4, -0.2) is 5.78 Å². The zero-order valence-electron chi connectivity index (χ0n) is 10.2. The molecule has 0 aliphatic heterocycles. The standard InChI is InChI=1S/C16H12Cl2O/c17-13-6-12(7-14(18)9-13)11-5-4-10-2-1-3-16(19)15(10)8-11/h4-9H,1-3H2. The molecule has 0 amide bonds. The third-order valence-corrected chi connectivity index (χ3v) is 3.89. The van der Waals surface area contributed by atoms with E-state index in [9.17, 15) is 4.79 Å². The van der Waals surface area contributed by atoms with Crippen molar-refractivity contribution in [2.24, 2.45) is 0 Å². The number of carbonyl (C=O) groups is 1. The van der Waals surface area contributed by atoms with Gasteiger partial charge >= 0.3 is 0 Å². The molecule has 0 bridgehead atoms. The molecular formula is C16H12Cl2O. The maximum atomic E-state index is 12.0. The van der Waals surface area contributed by atoms with E-state index in [1.165, 1.54) is 0 Å².